The number of non-ortho nitro benzene ring substituents is 1. The van der Waals surface area contributed by atoms with Crippen molar-refractivity contribution in [2.75, 3.05) is 6.54 Å². The van der Waals surface area contributed by atoms with Crippen molar-refractivity contribution in [1.29, 1.82) is 0 Å². The summed E-state index contributed by atoms with van der Waals surface area (Å²) in [7, 11) is 0. The molecule has 24 heavy (non-hydrogen) atoms. The van der Waals surface area contributed by atoms with E-state index in [1.165, 1.54) is 12.1 Å². The van der Waals surface area contributed by atoms with Crippen molar-refractivity contribution in [3.8, 4) is 0 Å². The van der Waals surface area contributed by atoms with Crippen LogP contribution < -0.4 is 5.32 Å². The lowest BCUT2D eigenvalue weighted by molar-refractivity contribution is -0.384. The third-order valence-corrected chi connectivity index (χ3v) is 3.95. The van der Waals surface area contributed by atoms with E-state index in [2.05, 4.69) is 5.32 Å². The second kappa shape index (κ2) is 7.21. The van der Waals surface area contributed by atoms with Crippen LogP contribution in [0.15, 0.2) is 66.7 Å². The molecule has 1 atom stereocenters. The molecule has 0 saturated heterocycles. The van der Waals surface area contributed by atoms with Gasteiger partial charge in [0, 0.05) is 25.2 Å². The molecule has 0 radical (unpaired) electrons. The van der Waals surface area contributed by atoms with Crippen LogP contribution in [0.1, 0.15) is 17.2 Å². The highest BCUT2D eigenvalue weighted by molar-refractivity contribution is 5.83. The van der Waals surface area contributed by atoms with Gasteiger partial charge < -0.3 is 10.4 Å². The Hall–Kier alpha value is -2.76. The predicted molar refractivity (Wildman–Crippen MR) is 93.7 cm³/mol. The number of benzene rings is 3. The molecule has 1 unspecified atom stereocenters. The van der Waals surface area contributed by atoms with Gasteiger partial charge in [0.25, 0.3) is 5.69 Å². The molecule has 0 aliphatic heterocycles. The first-order valence-electron chi connectivity index (χ1n) is 7.74. The highest BCUT2D eigenvalue weighted by Crippen LogP contribution is 2.20. The van der Waals surface area contributed by atoms with Gasteiger partial charge in [-0.3, -0.25) is 10.1 Å². The van der Waals surface area contributed by atoms with E-state index >= 15 is 0 Å². The Kier molecular flexibility index (Phi) is 4.84. The van der Waals surface area contributed by atoms with Crippen LogP contribution in [0.3, 0.4) is 0 Å². The molecule has 0 aliphatic carbocycles. The summed E-state index contributed by atoms with van der Waals surface area (Å²) >= 11 is 0. The second-order valence-electron chi connectivity index (χ2n) is 5.68. The van der Waals surface area contributed by atoms with Crippen LogP contribution in [0.5, 0.6) is 0 Å². The van der Waals surface area contributed by atoms with E-state index < -0.39 is 11.0 Å². The van der Waals surface area contributed by atoms with E-state index in [1.54, 1.807) is 6.07 Å². The summed E-state index contributed by atoms with van der Waals surface area (Å²) in [6.45, 7) is 0.841. The Morgan fingerprint density at radius 2 is 1.79 bits per heavy atom. The zero-order chi connectivity index (χ0) is 16.9. The van der Waals surface area contributed by atoms with Crippen LogP contribution in [-0.2, 0) is 6.54 Å². The van der Waals surface area contributed by atoms with E-state index in [4.69, 9.17) is 0 Å². The summed E-state index contributed by atoms with van der Waals surface area (Å²) in [6.07, 6.45) is -0.631. The maximum Gasteiger partial charge on any atom is 0.269 e. The van der Waals surface area contributed by atoms with Gasteiger partial charge in [-0.2, -0.15) is 0 Å². The van der Waals surface area contributed by atoms with E-state index in [-0.39, 0.29) is 5.69 Å². The van der Waals surface area contributed by atoms with E-state index in [9.17, 15) is 15.2 Å². The molecular formula is C19H18N2O3. The van der Waals surface area contributed by atoms with E-state index in [0.29, 0.717) is 13.1 Å². The monoisotopic (exact) mass is 322 g/mol. The molecule has 0 bridgehead atoms. The zero-order valence-electron chi connectivity index (χ0n) is 13.1. The van der Waals surface area contributed by atoms with Crippen LogP contribution in [0, 0.1) is 10.1 Å². The van der Waals surface area contributed by atoms with Crippen LogP contribution in [0.25, 0.3) is 10.8 Å². The van der Waals surface area contributed by atoms with Gasteiger partial charge in [0.2, 0.25) is 0 Å². The van der Waals surface area contributed by atoms with Crippen molar-refractivity contribution in [2.24, 2.45) is 0 Å². The normalized spacial score (nSPS) is 12.2. The Bertz CT molecular complexity index is 864. The summed E-state index contributed by atoms with van der Waals surface area (Å²) in [5, 5.41) is 26.5. The number of nitro benzene ring substituents is 1. The SMILES string of the molecule is O=[N+]([O-])c1cccc(CNCC(O)c2ccc3ccccc3c2)c1. The number of rotatable bonds is 6. The number of hydrogen-bond donors (Lipinski definition) is 2. The van der Waals surface area contributed by atoms with Crippen molar-refractivity contribution in [3.63, 3.8) is 0 Å². The minimum absolute atomic E-state index is 0.0735. The molecule has 122 valence electrons. The van der Waals surface area contributed by atoms with Crippen LogP contribution in [0.2, 0.25) is 0 Å². The first-order valence-corrected chi connectivity index (χ1v) is 7.74. The molecule has 0 aromatic heterocycles. The molecule has 0 amide bonds. The average molecular weight is 322 g/mol. The first kappa shape index (κ1) is 16.1. The molecule has 3 aromatic carbocycles. The van der Waals surface area contributed by atoms with Gasteiger partial charge in [-0.15, -0.1) is 0 Å². The van der Waals surface area contributed by atoms with Gasteiger partial charge in [-0.25, -0.2) is 0 Å². The molecular weight excluding hydrogens is 304 g/mol. The zero-order valence-corrected chi connectivity index (χ0v) is 13.1. The Morgan fingerprint density at radius 1 is 1.00 bits per heavy atom. The molecule has 3 aromatic rings. The van der Waals surface area contributed by atoms with Gasteiger partial charge >= 0.3 is 0 Å². The molecule has 2 N–H and O–H groups in total. The molecule has 3 rings (SSSR count). The molecule has 5 nitrogen and oxygen atoms in total. The maximum atomic E-state index is 10.8. The maximum absolute atomic E-state index is 10.8. The van der Waals surface area contributed by atoms with Crippen molar-refractivity contribution in [1.82, 2.24) is 5.32 Å². The van der Waals surface area contributed by atoms with Gasteiger partial charge in [0.15, 0.2) is 0 Å². The summed E-state index contributed by atoms with van der Waals surface area (Å²) < 4.78 is 0. The summed E-state index contributed by atoms with van der Waals surface area (Å²) in [6, 6.07) is 20.4. The lowest BCUT2D eigenvalue weighted by Gasteiger charge is -2.13. The molecule has 0 fully saturated rings. The van der Waals surface area contributed by atoms with E-state index in [0.717, 1.165) is 21.9 Å². The lowest BCUT2D eigenvalue weighted by Crippen LogP contribution is -2.21. The fourth-order valence-electron chi connectivity index (χ4n) is 2.67. The van der Waals surface area contributed by atoms with Crippen molar-refractivity contribution in [3.05, 3.63) is 88.0 Å². The highest BCUT2D eigenvalue weighted by atomic mass is 16.6. The molecule has 0 saturated carbocycles. The van der Waals surface area contributed by atoms with Crippen molar-refractivity contribution >= 4 is 16.5 Å². The molecule has 0 aliphatic rings. The summed E-state index contributed by atoms with van der Waals surface area (Å²) in [4.78, 5) is 10.4. The van der Waals surface area contributed by atoms with Crippen molar-refractivity contribution in [2.45, 2.75) is 12.6 Å². The number of nitro groups is 1. The fraction of sp³-hybridized carbons (Fsp3) is 0.158. The third-order valence-electron chi connectivity index (χ3n) is 3.95. The highest BCUT2D eigenvalue weighted by Gasteiger charge is 2.09. The summed E-state index contributed by atoms with van der Waals surface area (Å²) in [5.41, 5.74) is 1.74. The predicted octanol–water partition coefficient (Wildman–Crippen LogP) is 3.57. The van der Waals surface area contributed by atoms with Gasteiger partial charge in [0.1, 0.15) is 0 Å². The number of aliphatic hydroxyl groups is 1. The first-order chi connectivity index (χ1) is 11.6. The number of nitrogens with one attached hydrogen (secondary N) is 1. The lowest BCUT2D eigenvalue weighted by atomic mass is 10.0. The summed E-state index contributed by atoms with van der Waals surface area (Å²) in [5.74, 6) is 0. The molecule has 0 spiro atoms. The minimum atomic E-state index is -0.631. The van der Waals surface area contributed by atoms with E-state index in [1.807, 2.05) is 48.5 Å². The smallest absolute Gasteiger partial charge is 0.269 e. The van der Waals surface area contributed by atoms with Gasteiger partial charge in [-0.1, -0.05) is 48.5 Å². The number of fused-ring (bicyclic) bond motifs is 1. The number of hydrogen-bond acceptors (Lipinski definition) is 4. The Balaban J connectivity index is 1.61. The van der Waals surface area contributed by atoms with Gasteiger partial charge in [-0.05, 0) is 28.0 Å². The molecule has 5 heteroatoms. The quantitative estimate of drug-likeness (QED) is 0.537. The molecule has 0 heterocycles. The Morgan fingerprint density at radius 3 is 2.58 bits per heavy atom. The fourth-order valence-corrected chi connectivity index (χ4v) is 2.67. The topological polar surface area (TPSA) is 75.4 Å². The minimum Gasteiger partial charge on any atom is -0.387 e. The van der Waals surface area contributed by atoms with Gasteiger partial charge in [0.05, 0.1) is 11.0 Å². The largest absolute Gasteiger partial charge is 0.387 e. The van der Waals surface area contributed by atoms with Crippen LogP contribution in [-0.4, -0.2) is 16.6 Å². The Labute approximate surface area is 139 Å². The number of nitrogens with zero attached hydrogens (tertiary/aromatic N) is 1. The van der Waals surface area contributed by atoms with Crippen molar-refractivity contribution < 1.29 is 10.0 Å². The number of aliphatic hydroxyl groups excluding tert-OH is 1. The standard InChI is InChI=1S/C19H18N2O3/c22-19(17-9-8-15-5-1-2-6-16(15)11-17)13-20-12-14-4-3-7-18(10-14)21(23)24/h1-11,19-20,22H,12-13H2. The van der Waals surface area contributed by atoms with Crippen LogP contribution in [0.4, 0.5) is 5.69 Å². The van der Waals surface area contributed by atoms with Crippen LogP contribution >= 0.6 is 0 Å². The average Bonchev–Trinajstić information content (AvgIpc) is 2.61. The second-order valence-corrected chi connectivity index (χ2v) is 5.68. The third kappa shape index (κ3) is 3.76.